The zero-order valence-corrected chi connectivity index (χ0v) is 12.4. The third-order valence-electron chi connectivity index (χ3n) is 3.19. The summed E-state index contributed by atoms with van der Waals surface area (Å²) in [5.41, 5.74) is 0.497. The number of methoxy groups -OCH3 is 1. The Morgan fingerprint density at radius 1 is 1.48 bits per heavy atom. The zero-order chi connectivity index (χ0) is 15.4. The van der Waals surface area contributed by atoms with Crippen molar-refractivity contribution in [1.29, 1.82) is 0 Å². The molecule has 0 saturated heterocycles. The van der Waals surface area contributed by atoms with E-state index < -0.39 is 12.0 Å². The van der Waals surface area contributed by atoms with E-state index in [0.717, 1.165) is 12.8 Å². The minimum atomic E-state index is -1.03. The lowest BCUT2D eigenvalue weighted by atomic mass is 10.3. The molecule has 0 spiro atoms. The number of carboxylic acids is 1. The number of carboxylic acid groups (broad SMARTS) is 1. The maximum Gasteiger partial charge on any atom is 0.323 e. The first-order valence-electron chi connectivity index (χ1n) is 6.61. The van der Waals surface area contributed by atoms with Crippen LogP contribution in [0.15, 0.2) is 18.2 Å². The molecule has 0 unspecified atom stereocenters. The summed E-state index contributed by atoms with van der Waals surface area (Å²) in [5.74, 6) is -0.108. The van der Waals surface area contributed by atoms with Crippen molar-refractivity contribution in [2.75, 3.05) is 25.5 Å². The molecule has 1 aliphatic carbocycles. The summed E-state index contributed by atoms with van der Waals surface area (Å²) in [7, 11) is 1.50. The molecule has 0 heterocycles. The smallest absolute Gasteiger partial charge is 0.323 e. The number of ether oxygens (including phenoxy) is 1. The number of aliphatic carboxylic acids is 1. The van der Waals surface area contributed by atoms with Crippen LogP contribution in [-0.2, 0) is 4.79 Å². The van der Waals surface area contributed by atoms with Gasteiger partial charge in [-0.3, -0.25) is 4.79 Å². The van der Waals surface area contributed by atoms with Gasteiger partial charge in [0.2, 0.25) is 0 Å². The molecule has 0 aliphatic heterocycles. The number of nitrogens with zero attached hydrogens (tertiary/aromatic N) is 1. The van der Waals surface area contributed by atoms with Crippen LogP contribution >= 0.6 is 11.6 Å². The SMILES string of the molecule is COc1ccc(NC(=O)N(CC(=O)O)CC2CC2)cc1Cl. The van der Waals surface area contributed by atoms with Crippen LogP contribution in [0, 0.1) is 5.92 Å². The number of carbonyl (C=O) groups is 2. The van der Waals surface area contributed by atoms with Gasteiger partial charge in [0.05, 0.1) is 12.1 Å². The number of anilines is 1. The summed E-state index contributed by atoms with van der Waals surface area (Å²) in [5, 5.41) is 11.9. The van der Waals surface area contributed by atoms with Gasteiger partial charge in [-0.15, -0.1) is 0 Å². The molecule has 114 valence electrons. The first-order chi connectivity index (χ1) is 9.99. The minimum absolute atomic E-state index is 0.313. The van der Waals surface area contributed by atoms with Gasteiger partial charge in [0, 0.05) is 12.2 Å². The molecule has 2 amide bonds. The predicted molar refractivity (Wildman–Crippen MR) is 79.0 cm³/mol. The van der Waals surface area contributed by atoms with E-state index >= 15 is 0 Å². The first-order valence-corrected chi connectivity index (χ1v) is 6.98. The molecule has 6 nitrogen and oxygen atoms in total. The highest BCUT2D eigenvalue weighted by atomic mass is 35.5. The van der Waals surface area contributed by atoms with Gasteiger partial charge in [-0.1, -0.05) is 11.6 Å². The van der Waals surface area contributed by atoms with E-state index in [1.807, 2.05) is 0 Å². The van der Waals surface area contributed by atoms with Crippen molar-refractivity contribution in [2.45, 2.75) is 12.8 Å². The monoisotopic (exact) mass is 312 g/mol. The molecule has 1 aromatic rings. The van der Waals surface area contributed by atoms with Crippen molar-refractivity contribution >= 4 is 29.3 Å². The summed E-state index contributed by atoms with van der Waals surface area (Å²) in [4.78, 5) is 24.3. The molecule has 1 fully saturated rings. The summed E-state index contributed by atoms with van der Waals surface area (Å²) in [6.45, 7) is 0.147. The molecular weight excluding hydrogens is 296 g/mol. The number of nitrogens with one attached hydrogen (secondary N) is 1. The number of rotatable bonds is 6. The Labute approximate surface area is 127 Å². The second kappa shape index (κ2) is 6.67. The molecule has 1 aromatic carbocycles. The van der Waals surface area contributed by atoms with Gasteiger partial charge >= 0.3 is 12.0 Å². The number of halogens is 1. The fraction of sp³-hybridized carbons (Fsp3) is 0.429. The van der Waals surface area contributed by atoms with E-state index in [1.54, 1.807) is 18.2 Å². The molecule has 21 heavy (non-hydrogen) atoms. The van der Waals surface area contributed by atoms with Crippen LogP contribution in [0.4, 0.5) is 10.5 Å². The summed E-state index contributed by atoms with van der Waals surface area (Å²) < 4.78 is 5.03. The van der Waals surface area contributed by atoms with Crippen LogP contribution in [0.1, 0.15) is 12.8 Å². The Bertz CT molecular complexity index is 546. The minimum Gasteiger partial charge on any atom is -0.495 e. The molecule has 0 radical (unpaired) electrons. The number of hydrogen-bond donors (Lipinski definition) is 2. The van der Waals surface area contributed by atoms with Gasteiger partial charge in [-0.05, 0) is 37.0 Å². The van der Waals surface area contributed by atoms with E-state index in [4.69, 9.17) is 21.4 Å². The van der Waals surface area contributed by atoms with Gasteiger partial charge in [-0.25, -0.2) is 4.79 Å². The maximum atomic E-state index is 12.2. The largest absolute Gasteiger partial charge is 0.495 e. The second-order valence-electron chi connectivity index (χ2n) is 5.00. The standard InChI is InChI=1S/C14H17ClN2O4/c1-21-12-5-4-10(6-11(12)15)16-14(20)17(8-13(18)19)7-9-2-3-9/h4-6,9H,2-3,7-8H2,1H3,(H,16,20)(H,18,19). The van der Waals surface area contributed by atoms with E-state index in [2.05, 4.69) is 5.32 Å². The highest BCUT2D eigenvalue weighted by Gasteiger charge is 2.28. The number of amides is 2. The molecule has 1 saturated carbocycles. The van der Waals surface area contributed by atoms with Crippen LogP contribution in [0.5, 0.6) is 5.75 Å². The van der Waals surface area contributed by atoms with Gasteiger partial charge in [0.25, 0.3) is 0 Å². The fourth-order valence-electron chi connectivity index (χ4n) is 1.94. The fourth-order valence-corrected chi connectivity index (χ4v) is 2.20. The second-order valence-corrected chi connectivity index (χ2v) is 5.40. The number of carbonyl (C=O) groups excluding carboxylic acids is 1. The molecule has 0 bridgehead atoms. The van der Waals surface area contributed by atoms with Crippen LogP contribution in [0.2, 0.25) is 5.02 Å². The Morgan fingerprint density at radius 2 is 2.19 bits per heavy atom. The Balaban J connectivity index is 2.02. The average molecular weight is 313 g/mol. The van der Waals surface area contributed by atoms with Crippen LogP contribution < -0.4 is 10.1 Å². The number of benzene rings is 1. The number of hydrogen-bond acceptors (Lipinski definition) is 3. The molecule has 2 rings (SSSR count). The molecule has 7 heteroatoms. The van der Waals surface area contributed by atoms with Gasteiger partial charge in [0.15, 0.2) is 0 Å². The molecule has 2 N–H and O–H groups in total. The lowest BCUT2D eigenvalue weighted by molar-refractivity contribution is -0.137. The van der Waals surface area contributed by atoms with Crippen molar-refractivity contribution in [3.8, 4) is 5.75 Å². The topological polar surface area (TPSA) is 78.9 Å². The lowest BCUT2D eigenvalue weighted by Crippen LogP contribution is -2.40. The highest BCUT2D eigenvalue weighted by molar-refractivity contribution is 6.32. The Hall–Kier alpha value is -1.95. The van der Waals surface area contributed by atoms with Crippen molar-refractivity contribution in [2.24, 2.45) is 5.92 Å². The quantitative estimate of drug-likeness (QED) is 0.846. The average Bonchev–Trinajstić information content (AvgIpc) is 3.21. The van der Waals surface area contributed by atoms with E-state index in [9.17, 15) is 9.59 Å². The maximum absolute atomic E-state index is 12.2. The van der Waals surface area contributed by atoms with E-state index in [-0.39, 0.29) is 6.54 Å². The molecule has 0 aromatic heterocycles. The van der Waals surface area contributed by atoms with E-state index in [0.29, 0.717) is 28.9 Å². The highest BCUT2D eigenvalue weighted by Crippen LogP contribution is 2.30. The van der Waals surface area contributed by atoms with Gasteiger partial charge < -0.3 is 20.1 Å². The normalized spacial score (nSPS) is 13.6. The summed E-state index contributed by atoms with van der Waals surface area (Å²) in [6, 6.07) is 4.42. The summed E-state index contributed by atoms with van der Waals surface area (Å²) >= 11 is 5.99. The zero-order valence-electron chi connectivity index (χ0n) is 11.6. The van der Waals surface area contributed by atoms with Crippen LogP contribution in [0.3, 0.4) is 0 Å². The Kier molecular flexibility index (Phi) is 4.90. The summed E-state index contributed by atoms with van der Waals surface area (Å²) in [6.07, 6.45) is 2.08. The number of urea groups is 1. The van der Waals surface area contributed by atoms with Crippen molar-refractivity contribution in [1.82, 2.24) is 4.90 Å². The van der Waals surface area contributed by atoms with Crippen LogP contribution in [-0.4, -0.2) is 42.2 Å². The lowest BCUT2D eigenvalue weighted by Gasteiger charge is -2.21. The Morgan fingerprint density at radius 3 is 2.71 bits per heavy atom. The third-order valence-corrected chi connectivity index (χ3v) is 3.49. The third kappa shape index (κ3) is 4.53. The predicted octanol–water partition coefficient (Wildman–Crippen LogP) is 2.68. The first kappa shape index (κ1) is 15.4. The van der Waals surface area contributed by atoms with E-state index in [1.165, 1.54) is 12.0 Å². The van der Waals surface area contributed by atoms with Gasteiger partial charge in [0.1, 0.15) is 12.3 Å². The van der Waals surface area contributed by atoms with Crippen LogP contribution in [0.25, 0.3) is 0 Å². The molecular formula is C14H17ClN2O4. The van der Waals surface area contributed by atoms with Crippen molar-refractivity contribution < 1.29 is 19.4 Å². The molecule has 0 atom stereocenters. The van der Waals surface area contributed by atoms with Crippen molar-refractivity contribution in [3.63, 3.8) is 0 Å². The molecule has 1 aliphatic rings. The van der Waals surface area contributed by atoms with Crippen molar-refractivity contribution in [3.05, 3.63) is 23.2 Å². The van der Waals surface area contributed by atoms with Gasteiger partial charge in [-0.2, -0.15) is 0 Å².